The molecule has 264 valence electrons. The third kappa shape index (κ3) is 8.44. The summed E-state index contributed by atoms with van der Waals surface area (Å²) in [6.45, 7) is 15.6. The van der Waals surface area contributed by atoms with E-state index in [-0.39, 0.29) is 42.1 Å². The highest BCUT2D eigenvalue weighted by Gasteiger charge is 2.64. The molecule has 0 spiro atoms. The van der Waals surface area contributed by atoms with E-state index in [9.17, 15) is 38.9 Å². The minimum Gasteiger partial charge on any atom is -0.264 e. The zero-order valence-electron chi connectivity index (χ0n) is 27.6. The van der Waals surface area contributed by atoms with Crippen molar-refractivity contribution in [3.05, 3.63) is 0 Å². The Hall–Kier alpha value is -0.390. The standard InChI is InChI=1S/C30H54O12S3/c1-18(8-9-19(2)28(3,4)5)22-10-11-23-21-14-20(17-40-43(31,32)33)25-15-26(41-44(34,35)36)27(42-45(37,38)39)16-30(25,7)24(21)12-13-29(22,23)6/h18-27H,8-17H2,1-7H3,(H,31,32,33)(H,34,35,36)(H,37,38,39)/t18-,19?,20-,21?,22?,23?,24?,25?,26+,27+,29-,30-/m1/s1. The predicted octanol–water partition coefficient (Wildman–Crippen LogP) is 5.78. The molecule has 0 radical (unpaired) electrons. The number of hydrogen-bond acceptors (Lipinski definition) is 9. The van der Waals surface area contributed by atoms with E-state index < -0.39 is 60.7 Å². The first-order valence-corrected chi connectivity index (χ1v) is 20.4. The van der Waals surface area contributed by atoms with Crippen molar-refractivity contribution < 1.29 is 51.5 Å². The Morgan fingerprint density at radius 2 is 1.33 bits per heavy atom. The second-order valence-electron chi connectivity index (χ2n) is 16.3. The molecule has 0 amide bonds. The highest BCUT2D eigenvalue weighted by atomic mass is 32.3. The fourth-order valence-corrected chi connectivity index (χ4v) is 11.8. The zero-order chi connectivity index (χ0) is 34.0. The van der Waals surface area contributed by atoms with Gasteiger partial charge in [0, 0.05) is 0 Å². The van der Waals surface area contributed by atoms with Gasteiger partial charge in [0.1, 0.15) is 12.2 Å². The normalized spacial score (nSPS) is 40.7. The highest BCUT2D eigenvalue weighted by Crippen LogP contribution is 2.69. The van der Waals surface area contributed by atoms with Gasteiger partial charge in [-0.1, -0.05) is 54.9 Å². The van der Waals surface area contributed by atoms with Gasteiger partial charge in [0.05, 0.1) is 6.61 Å². The van der Waals surface area contributed by atoms with E-state index in [0.29, 0.717) is 30.1 Å². The first kappa shape index (κ1) is 37.4. The van der Waals surface area contributed by atoms with Gasteiger partial charge in [-0.05, 0) is 115 Å². The lowest BCUT2D eigenvalue weighted by molar-refractivity contribution is -0.176. The van der Waals surface area contributed by atoms with Crippen molar-refractivity contribution in [2.75, 3.05) is 6.61 Å². The molecule has 0 aromatic heterocycles. The van der Waals surface area contributed by atoms with Crippen LogP contribution in [0.15, 0.2) is 0 Å². The number of fused-ring (bicyclic) bond motifs is 5. The summed E-state index contributed by atoms with van der Waals surface area (Å²) in [6.07, 6.45) is 3.89. The smallest absolute Gasteiger partial charge is 0.264 e. The molecule has 4 aliphatic carbocycles. The van der Waals surface area contributed by atoms with Crippen molar-refractivity contribution in [2.45, 2.75) is 118 Å². The minimum atomic E-state index is -5.02. The molecule has 4 saturated carbocycles. The monoisotopic (exact) mass is 702 g/mol. The van der Waals surface area contributed by atoms with E-state index >= 15 is 0 Å². The molecule has 12 nitrogen and oxygen atoms in total. The molecule has 0 aliphatic heterocycles. The molecule has 4 rings (SSSR count). The molecule has 12 atom stereocenters. The van der Waals surface area contributed by atoms with Crippen LogP contribution in [-0.2, 0) is 43.7 Å². The van der Waals surface area contributed by atoms with E-state index in [1.807, 2.05) is 6.92 Å². The van der Waals surface area contributed by atoms with Crippen LogP contribution < -0.4 is 0 Å². The van der Waals surface area contributed by atoms with Crippen LogP contribution in [0.2, 0.25) is 0 Å². The lowest BCUT2D eigenvalue weighted by Crippen LogP contribution is -2.60. The molecule has 0 aromatic rings. The van der Waals surface area contributed by atoms with Crippen LogP contribution in [0.5, 0.6) is 0 Å². The summed E-state index contributed by atoms with van der Waals surface area (Å²) in [5, 5.41) is 0. The van der Waals surface area contributed by atoms with Crippen LogP contribution in [0.1, 0.15) is 106 Å². The second-order valence-corrected chi connectivity index (χ2v) is 19.5. The zero-order valence-corrected chi connectivity index (χ0v) is 30.0. The van der Waals surface area contributed by atoms with Crippen LogP contribution in [0.3, 0.4) is 0 Å². The van der Waals surface area contributed by atoms with Crippen LogP contribution in [0.4, 0.5) is 0 Å². The molecule has 3 N–H and O–H groups in total. The van der Waals surface area contributed by atoms with Gasteiger partial charge in [-0.2, -0.15) is 25.3 Å². The van der Waals surface area contributed by atoms with Gasteiger partial charge in [0.15, 0.2) is 0 Å². The Morgan fingerprint density at radius 3 is 1.89 bits per heavy atom. The van der Waals surface area contributed by atoms with Gasteiger partial charge < -0.3 is 0 Å². The molecule has 45 heavy (non-hydrogen) atoms. The SMILES string of the molecule is CC(CC[C@@H](C)C1CCC2C3C[C@H](COS(=O)(=O)O)C4C[C@H](OS(=O)(=O)O)[C@@H](OS(=O)(=O)O)C[C@]4(C)C3CC[C@@]21C)C(C)(C)C. The van der Waals surface area contributed by atoms with Gasteiger partial charge >= 0.3 is 31.2 Å². The van der Waals surface area contributed by atoms with Gasteiger partial charge in [-0.3, -0.25) is 13.7 Å². The lowest BCUT2D eigenvalue weighted by Gasteiger charge is -2.63. The topological polar surface area (TPSA) is 191 Å². The van der Waals surface area contributed by atoms with Gasteiger partial charge in [-0.25, -0.2) is 12.5 Å². The quantitative estimate of drug-likeness (QED) is 0.221. The van der Waals surface area contributed by atoms with E-state index in [1.54, 1.807) is 0 Å². The summed E-state index contributed by atoms with van der Waals surface area (Å²) >= 11 is 0. The van der Waals surface area contributed by atoms with Crippen LogP contribution in [0, 0.1) is 63.6 Å². The van der Waals surface area contributed by atoms with Crippen molar-refractivity contribution in [3.8, 4) is 0 Å². The van der Waals surface area contributed by atoms with E-state index in [1.165, 1.54) is 0 Å². The number of hydrogen-bond donors (Lipinski definition) is 3. The van der Waals surface area contributed by atoms with Crippen LogP contribution in [-0.4, -0.2) is 57.7 Å². The Labute approximate surface area is 270 Å². The fraction of sp³-hybridized carbons (Fsp3) is 1.00. The molecule has 0 aromatic carbocycles. The summed E-state index contributed by atoms with van der Waals surface area (Å²) in [5.41, 5.74) is -0.355. The summed E-state index contributed by atoms with van der Waals surface area (Å²) in [7, 11) is -14.8. The average Bonchev–Trinajstić information content (AvgIpc) is 3.21. The second kappa shape index (κ2) is 12.8. The molecule has 15 heteroatoms. The van der Waals surface area contributed by atoms with Gasteiger partial charge in [0.25, 0.3) is 0 Å². The Balaban J connectivity index is 1.66. The Bertz CT molecular complexity index is 1390. The predicted molar refractivity (Wildman–Crippen MR) is 167 cm³/mol. The molecule has 0 heterocycles. The minimum absolute atomic E-state index is 0.00482. The molecule has 4 fully saturated rings. The molecular weight excluding hydrogens is 649 g/mol. The number of rotatable bonds is 11. The lowest BCUT2D eigenvalue weighted by atomic mass is 9.42. The summed E-state index contributed by atoms with van der Waals surface area (Å²) < 4.78 is 114. The third-order valence-electron chi connectivity index (χ3n) is 13.0. The largest absolute Gasteiger partial charge is 0.397 e. The van der Waals surface area contributed by atoms with Crippen molar-refractivity contribution in [2.24, 2.45) is 63.6 Å². The highest BCUT2D eigenvalue weighted by molar-refractivity contribution is 7.81. The Kier molecular flexibility index (Phi) is 10.7. The third-order valence-corrected chi connectivity index (χ3v) is 14.4. The maximum atomic E-state index is 11.8. The van der Waals surface area contributed by atoms with Gasteiger partial charge in [-0.15, -0.1) is 0 Å². The van der Waals surface area contributed by atoms with E-state index in [2.05, 4.69) is 41.5 Å². The van der Waals surface area contributed by atoms with Gasteiger partial charge in [0.2, 0.25) is 0 Å². The van der Waals surface area contributed by atoms with Crippen LogP contribution in [0.25, 0.3) is 0 Å². The maximum Gasteiger partial charge on any atom is 0.397 e. The maximum absolute atomic E-state index is 11.8. The molecule has 6 unspecified atom stereocenters. The average molecular weight is 703 g/mol. The van der Waals surface area contributed by atoms with Crippen molar-refractivity contribution in [1.29, 1.82) is 0 Å². The molecule has 0 saturated heterocycles. The summed E-state index contributed by atoms with van der Waals surface area (Å²) in [4.78, 5) is 0. The van der Waals surface area contributed by atoms with E-state index in [0.717, 1.165) is 38.5 Å². The molecular formula is C30H54O12S3. The van der Waals surface area contributed by atoms with Crippen molar-refractivity contribution in [3.63, 3.8) is 0 Å². The Morgan fingerprint density at radius 1 is 0.756 bits per heavy atom. The van der Waals surface area contributed by atoms with Crippen molar-refractivity contribution >= 4 is 31.2 Å². The van der Waals surface area contributed by atoms with E-state index in [4.69, 9.17) is 12.5 Å². The van der Waals surface area contributed by atoms with Crippen molar-refractivity contribution in [1.82, 2.24) is 0 Å². The first-order valence-electron chi connectivity index (χ1n) is 16.3. The summed E-state index contributed by atoms with van der Waals surface area (Å²) in [6, 6.07) is 0. The summed E-state index contributed by atoms with van der Waals surface area (Å²) in [5.74, 6) is 1.37. The fourth-order valence-electron chi connectivity index (χ4n) is 10.5. The molecule has 0 bridgehead atoms. The van der Waals surface area contributed by atoms with Crippen LogP contribution >= 0.6 is 0 Å². The first-order chi connectivity index (χ1) is 20.3. The molecule has 4 aliphatic rings.